The molecule has 114 valence electrons. The first-order valence-corrected chi connectivity index (χ1v) is 8.25. The molecular formula is C18H25NO2. The molecule has 2 aliphatic carbocycles. The van der Waals surface area contributed by atoms with Crippen LogP contribution in [0.1, 0.15) is 50.0 Å². The predicted molar refractivity (Wildman–Crippen MR) is 83.3 cm³/mol. The molecule has 2 fully saturated rings. The Bertz CT molecular complexity index is 461. The Morgan fingerprint density at radius 1 is 1.10 bits per heavy atom. The van der Waals surface area contributed by atoms with Crippen molar-refractivity contribution in [3.63, 3.8) is 0 Å². The van der Waals surface area contributed by atoms with E-state index in [2.05, 4.69) is 35.6 Å². The molecule has 0 spiro atoms. The van der Waals surface area contributed by atoms with Gasteiger partial charge in [-0.25, -0.2) is 0 Å². The van der Waals surface area contributed by atoms with Crippen molar-refractivity contribution in [1.82, 2.24) is 5.32 Å². The Morgan fingerprint density at radius 3 is 2.33 bits per heavy atom. The molecule has 0 saturated heterocycles. The van der Waals surface area contributed by atoms with Crippen LogP contribution in [0.25, 0.3) is 0 Å². The van der Waals surface area contributed by atoms with Gasteiger partial charge in [0.25, 0.3) is 0 Å². The van der Waals surface area contributed by atoms with Crippen LogP contribution in [0.5, 0.6) is 0 Å². The van der Waals surface area contributed by atoms with Crippen LogP contribution >= 0.6 is 0 Å². The van der Waals surface area contributed by atoms with Crippen LogP contribution in [0.3, 0.4) is 0 Å². The van der Waals surface area contributed by atoms with Crippen LogP contribution in [0.15, 0.2) is 30.3 Å². The molecule has 0 bridgehead atoms. The summed E-state index contributed by atoms with van der Waals surface area (Å²) in [5, 5.41) is 12.8. The van der Waals surface area contributed by atoms with Gasteiger partial charge in [0.05, 0.1) is 5.92 Å². The van der Waals surface area contributed by atoms with Gasteiger partial charge in [-0.15, -0.1) is 0 Å². The van der Waals surface area contributed by atoms with Crippen molar-refractivity contribution in [1.29, 1.82) is 0 Å². The lowest BCUT2D eigenvalue weighted by Gasteiger charge is -2.29. The van der Waals surface area contributed by atoms with Crippen LogP contribution in [-0.2, 0) is 4.79 Å². The normalized spacial score (nSPS) is 27.2. The molecule has 2 saturated carbocycles. The molecule has 0 aliphatic heterocycles. The van der Waals surface area contributed by atoms with Crippen molar-refractivity contribution >= 4 is 5.97 Å². The quantitative estimate of drug-likeness (QED) is 0.843. The monoisotopic (exact) mass is 287 g/mol. The number of carboxylic acids is 1. The molecule has 2 N–H and O–H groups in total. The van der Waals surface area contributed by atoms with E-state index in [9.17, 15) is 4.79 Å². The second-order valence-corrected chi connectivity index (χ2v) is 6.65. The summed E-state index contributed by atoms with van der Waals surface area (Å²) in [4.78, 5) is 11.0. The summed E-state index contributed by atoms with van der Waals surface area (Å²) in [6, 6.07) is 11.3. The van der Waals surface area contributed by atoms with Crippen molar-refractivity contribution in [2.75, 3.05) is 6.54 Å². The molecule has 0 radical (unpaired) electrons. The van der Waals surface area contributed by atoms with Crippen molar-refractivity contribution in [3.8, 4) is 0 Å². The number of carbonyl (C=O) groups is 1. The van der Waals surface area contributed by atoms with E-state index in [1.165, 1.54) is 18.4 Å². The Balaban J connectivity index is 1.51. The maximum Gasteiger partial charge on any atom is 0.306 e. The van der Waals surface area contributed by atoms with Crippen LogP contribution in [0, 0.1) is 11.8 Å². The number of benzene rings is 1. The standard InChI is InChI=1S/C18H25NO2/c20-18(21)15-8-10-16(11-9-15)19-12-17(14-6-7-14)13-4-2-1-3-5-13/h1-5,14-17,19H,6-12H2,(H,20,21). The third-order valence-corrected chi connectivity index (χ3v) is 5.12. The smallest absolute Gasteiger partial charge is 0.306 e. The zero-order chi connectivity index (χ0) is 14.7. The molecule has 1 unspecified atom stereocenters. The van der Waals surface area contributed by atoms with E-state index in [4.69, 9.17) is 5.11 Å². The van der Waals surface area contributed by atoms with Crippen LogP contribution in [0.2, 0.25) is 0 Å². The van der Waals surface area contributed by atoms with E-state index in [1.54, 1.807) is 0 Å². The minimum atomic E-state index is -0.617. The van der Waals surface area contributed by atoms with Gasteiger partial charge < -0.3 is 10.4 Å². The first kappa shape index (κ1) is 14.6. The number of aliphatic carboxylic acids is 1. The molecule has 3 rings (SSSR count). The van der Waals surface area contributed by atoms with Crippen molar-refractivity contribution in [3.05, 3.63) is 35.9 Å². The minimum Gasteiger partial charge on any atom is -0.481 e. The molecule has 0 aromatic heterocycles. The molecule has 2 aliphatic rings. The van der Waals surface area contributed by atoms with E-state index in [0.717, 1.165) is 38.1 Å². The summed E-state index contributed by atoms with van der Waals surface area (Å²) in [5.74, 6) is 0.739. The maximum atomic E-state index is 11.0. The predicted octanol–water partition coefficient (Wildman–Crippen LogP) is 3.41. The highest BCUT2D eigenvalue weighted by molar-refractivity contribution is 5.70. The van der Waals surface area contributed by atoms with Gasteiger partial charge in [-0.05, 0) is 55.9 Å². The molecule has 1 aromatic carbocycles. The summed E-state index contributed by atoms with van der Waals surface area (Å²) in [6.07, 6.45) is 6.37. The van der Waals surface area contributed by atoms with Gasteiger partial charge in [0, 0.05) is 12.6 Å². The van der Waals surface area contributed by atoms with Crippen molar-refractivity contribution in [2.24, 2.45) is 11.8 Å². The number of nitrogens with one attached hydrogen (secondary N) is 1. The molecule has 3 heteroatoms. The van der Waals surface area contributed by atoms with Crippen LogP contribution < -0.4 is 5.32 Å². The summed E-state index contributed by atoms with van der Waals surface area (Å²) >= 11 is 0. The number of rotatable bonds is 6. The van der Waals surface area contributed by atoms with E-state index in [-0.39, 0.29) is 5.92 Å². The van der Waals surface area contributed by atoms with Crippen LogP contribution in [0.4, 0.5) is 0 Å². The highest BCUT2D eigenvalue weighted by Crippen LogP contribution is 2.42. The molecule has 3 nitrogen and oxygen atoms in total. The van der Waals surface area contributed by atoms with Crippen LogP contribution in [-0.4, -0.2) is 23.7 Å². The fourth-order valence-corrected chi connectivity index (χ4v) is 3.59. The van der Waals surface area contributed by atoms with Gasteiger partial charge in [-0.1, -0.05) is 30.3 Å². The molecule has 0 heterocycles. The number of hydrogen-bond donors (Lipinski definition) is 2. The lowest BCUT2D eigenvalue weighted by Crippen LogP contribution is -2.37. The molecule has 1 atom stereocenters. The SMILES string of the molecule is O=C(O)C1CCC(NCC(c2ccccc2)C2CC2)CC1. The zero-order valence-electron chi connectivity index (χ0n) is 12.5. The van der Waals surface area contributed by atoms with Gasteiger partial charge in [-0.2, -0.15) is 0 Å². The van der Waals surface area contributed by atoms with E-state index >= 15 is 0 Å². The summed E-state index contributed by atoms with van der Waals surface area (Å²) in [5.41, 5.74) is 1.45. The van der Waals surface area contributed by atoms with E-state index in [1.807, 2.05) is 0 Å². The second-order valence-electron chi connectivity index (χ2n) is 6.65. The summed E-state index contributed by atoms with van der Waals surface area (Å²) < 4.78 is 0. The molecule has 0 amide bonds. The average molecular weight is 287 g/mol. The van der Waals surface area contributed by atoms with Crippen molar-refractivity contribution in [2.45, 2.75) is 50.5 Å². The highest BCUT2D eigenvalue weighted by Gasteiger charge is 2.33. The topological polar surface area (TPSA) is 49.3 Å². The third kappa shape index (κ3) is 3.85. The maximum absolute atomic E-state index is 11.0. The van der Waals surface area contributed by atoms with E-state index in [0.29, 0.717) is 12.0 Å². The average Bonchev–Trinajstić information content (AvgIpc) is 3.34. The fourth-order valence-electron chi connectivity index (χ4n) is 3.59. The lowest BCUT2D eigenvalue weighted by molar-refractivity contribution is -0.142. The van der Waals surface area contributed by atoms with Gasteiger partial charge >= 0.3 is 5.97 Å². The van der Waals surface area contributed by atoms with Gasteiger partial charge in [-0.3, -0.25) is 4.79 Å². The summed E-state index contributed by atoms with van der Waals surface area (Å²) in [7, 11) is 0. The Hall–Kier alpha value is -1.35. The molecule has 21 heavy (non-hydrogen) atoms. The highest BCUT2D eigenvalue weighted by atomic mass is 16.4. The van der Waals surface area contributed by atoms with Gasteiger partial charge in [0.1, 0.15) is 0 Å². The Morgan fingerprint density at radius 2 is 1.76 bits per heavy atom. The number of carboxylic acid groups (broad SMARTS) is 1. The van der Waals surface area contributed by atoms with E-state index < -0.39 is 5.97 Å². The third-order valence-electron chi connectivity index (χ3n) is 5.12. The first-order chi connectivity index (χ1) is 10.2. The second kappa shape index (κ2) is 6.61. The minimum absolute atomic E-state index is 0.114. The van der Waals surface area contributed by atoms with Crippen molar-refractivity contribution < 1.29 is 9.90 Å². The lowest BCUT2D eigenvalue weighted by atomic mass is 9.85. The first-order valence-electron chi connectivity index (χ1n) is 8.25. The summed E-state index contributed by atoms with van der Waals surface area (Å²) in [6.45, 7) is 1.04. The fraction of sp³-hybridized carbons (Fsp3) is 0.611. The Labute approximate surface area is 126 Å². The largest absolute Gasteiger partial charge is 0.481 e. The number of hydrogen-bond acceptors (Lipinski definition) is 2. The zero-order valence-corrected chi connectivity index (χ0v) is 12.5. The van der Waals surface area contributed by atoms with Gasteiger partial charge in [0.2, 0.25) is 0 Å². The molecule has 1 aromatic rings. The molecular weight excluding hydrogens is 262 g/mol. The van der Waals surface area contributed by atoms with Gasteiger partial charge in [0.15, 0.2) is 0 Å². The Kier molecular flexibility index (Phi) is 4.59.